The van der Waals surface area contributed by atoms with Crippen molar-refractivity contribution >= 4 is 0 Å². The average Bonchev–Trinajstić information content (AvgIpc) is 3.15. The van der Waals surface area contributed by atoms with Gasteiger partial charge in [-0.25, -0.2) is 4.52 Å². The fourth-order valence-electron chi connectivity index (χ4n) is 5.50. The summed E-state index contributed by atoms with van der Waals surface area (Å²) in [6, 6.07) is 26.5. The molecule has 0 radical (unpaired) electrons. The molecule has 1 aromatic heterocycles. The summed E-state index contributed by atoms with van der Waals surface area (Å²) in [6.45, 7) is 1.76. The number of ether oxygens (including phenoxy) is 4. The average molecular weight is 485 g/mol. The van der Waals surface area contributed by atoms with E-state index in [2.05, 4.69) is 30.3 Å². The predicted octanol–water partition coefficient (Wildman–Crippen LogP) is 5.04. The molecule has 0 saturated carbocycles. The maximum atomic E-state index is 6.92. The van der Waals surface area contributed by atoms with Crippen LogP contribution in [0.3, 0.4) is 0 Å². The Kier molecular flexibility index (Phi) is 6.09. The first kappa shape index (κ1) is 23.0. The number of benzene rings is 3. The molecule has 0 spiro atoms. The smallest absolute Gasteiger partial charge is 0.272 e. The minimum Gasteiger partial charge on any atom is -0.496 e. The van der Waals surface area contributed by atoms with E-state index in [-0.39, 0.29) is 0 Å². The van der Waals surface area contributed by atoms with E-state index in [1.54, 1.807) is 7.11 Å². The Hall–Kier alpha value is -3.45. The monoisotopic (exact) mass is 484 g/mol. The molecule has 0 N–H and O–H groups in total. The normalized spacial score (nSPS) is 20.3. The largest absolute Gasteiger partial charge is 0.496 e. The fraction of sp³-hybridized carbons (Fsp3) is 0.300. The van der Waals surface area contributed by atoms with Crippen LogP contribution in [0.5, 0.6) is 5.75 Å². The molecule has 6 nitrogen and oxygen atoms in total. The second kappa shape index (κ2) is 9.54. The Morgan fingerprint density at radius 2 is 1.64 bits per heavy atom. The van der Waals surface area contributed by atoms with Crippen LogP contribution in [0.25, 0.3) is 11.3 Å². The lowest BCUT2D eigenvalue weighted by Gasteiger charge is -2.42. The van der Waals surface area contributed by atoms with Crippen molar-refractivity contribution in [3.63, 3.8) is 0 Å². The number of fused-ring (bicyclic) bond motifs is 2. The highest BCUT2D eigenvalue weighted by molar-refractivity contribution is 5.76. The van der Waals surface area contributed by atoms with Gasteiger partial charge in [0.25, 0.3) is 5.69 Å². The van der Waals surface area contributed by atoms with Crippen LogP contribution in [-0.4, -0.2) is 20.3 Å². The zero-order valence-corrected chi connectivity index (χ0v) is 20.6. The van der Waals surface area contributed by atoms with Crippen molar-refractivity contribution in [3.05, 3.63) is 107 Å². The summed E-state index contributed by atoms with van der Waals surface area (Å²) in [5, 5.41) is 0. The van der Waals surface area contributed by atoms with Gasteiger partial charge in [-0.1, -0.05) is 72.8 Å². The third kappa shape index (κ3) is 3.82. The summed E-state index contributed by atoms with van der Waals surface area (Å²) in [6.07, 6.45) is 0.226. The molecule has 2 heterocycles. The van der Waals surface area contributed by atoms with Crippen LogP contribution in [0, 0.1) is 0 Å². The standard InChI is InChI=1S/C30H30NO5/c1-31-28-26-23(14-9-15-24(26)32-2)29(34-18-21-10-5-3-6-11-21)30(35-19-22-12-7-4-8-13-22)20-33-17-16-25(36-31)27(28)30/h3-15,29H,16-20H2,1-2H3/q+1/t29-,30+/m1/s1. The molecule has 36 heavy (non-hydrogen) atoms. The molecule has 3 aromatic carbocycles. The lowest BCUT2D eigenvalue weighted by atomic mass is 9.75. The molecular weight excluding hydrogens is 454 g/mol. The van der Waals surface area contributed by atoms with E-state index >= 15 is 0 Å². The van der Waals surface area contributed by atoms with Gasteiger partial charge in [-0.05, 0) is 21.9 Å². The molecule has 6 heteroatoms. The van der Waals surface area contributed by atoms with E-state index in [0.717, 1.165) is 45.0 Å². The molecule has 0 amide bonds. The fourth-order valence-corrected chi connectivity index (χ4v) is 5.50. The Labute approximate surface area is 211 Å². The molecule has 4 aromatic rings. The maximum Gasteiger partial charge on any atom is 0.272 e. The zero-order chi connectivity index (χ0) is 24.5. The Morgan fingerprint density at radius 3 is 2.36 bits per heavy atom. The van der Waals surface area contributed by atoms with Crippen LogP contribution in [0.15, 0.2) is 83.4 Å². The molecule has 184 valence electrons. The molecular formula is C30H30NO5+. The Bertz CT molecular complexity index is 1350. The second-order valence-corrected chi connectivity index (χ2v) is 9.30. The molecule has 0 bridgehead atoms. The molecule has 2 atom stereocenters. The third-order valence-electron chi connectivity index (χ3n) is 7.11. The summed E-state index contributed by atoms with van der Waals surface area (Å²) >= 11 is 0. The molecule has 6 rings (SSSR count). The Morgan fingerprint density at radius 1 is 0.917 bits per heavy atom. The van der Waals surface area contributed by atoms with E-state index in [1.165, 1.54) is 0 Å². The second-order valence-electron chi connectivity index (χ2n) is 9.30. The first-order chi connectivity index (χ1) is 17.7. The maximum absolute atomic E-state index is 6.92. The number of aryl methyl sites for hydroxylation is 1. The van der Waals surface area contributed by atoms with Crippen molar-refractivity contribution in [1.82, 2.24) is 0 Å². The number of rotatable bonds is 7. The van der Waals surface area contributed by atoms with Crippen molar-refractivity contribution in [3.8, 4) is 17.0 Å². The van der Waals surface area contributed by atoms with Crippen molar-refractivity contribution < 1.29 is 28.2 Å². The summed E-state index contributed by atoms with van der Waals surface area (Å²) in [4.78, 5) is 0. The minimum absolute atomic E-state index is 0.357. The molecule has 0 fully saturated rings. The number of hydrogen-bond donors (Lipinski definition) is 0. The summed E-state index contributed by atoms with van der Waals surface area (Å²) < 4.78 is 33.9. The van der Waals surface area contributed by atoms with Crippen LogP contribution >= 0.6 is 0 Å². The quantitative estimate of drug-likeness (QED) is 0.344. The summed E-state index contributed by atoms with van der Waals surface area (Å²) in [5.74, 6) is 1.64. The first-order valence-electron chi connectivity index (χ1n) is 12.3. The number of methoxy groups -OCH3 is 1. The molecule has 0 saturated heterocycles. The lowest BCUT2D eigenvalue weighted by molar-refractivity contribution is -0.837. The van der Waals surface area contributed by atoms with Gasteiger partial charge in [-0.15, -0.1) is 0 Å². The van der Waals surface area contributed by atoms with E-state index in [0.29, 0.717) is 32.8 Å². The van der Waals surface area contributed by atoms with E-state index in [1.807, 2.05) is 60.3 Å². The highest BCUT2D eigenvalue weighted by Crippen LogP contribution is 2.56. The molecule has 0 unspecified atom stereocenters. The zero-order valence-electron chi connectivity index (χ0n) is 20.6. The minimum atomic E-state index is -0.893. The van der Waals surface area contributed by atoms with Crippen molar-refractivity contribution in [2.45, 2.75) is 31.3 Å². The lowest BCUT2D eigenvalue weighted by Crippen LogP contribution is -2.46. The van der Waals surface area contributed by atoms with Gasteiger partial charge in [-0.3, -0.25) is 0 Å². The summed E-state index contributed by atoms with van der Waals surface area (Å²) in [7, 11) is 3.64. The van der Waals surface area contributed by atoms with Crippen LogP contribution in [0.2, 0.25) is 0 Å². The van der Waals surface area contributed by atoms with Crippen LogP contribution in [-0.2, 0) is 46.5 Å². The van der Waals surface area contributed by atoms with Crippen molar-refractivity contribution in [2.24, 2.45) is 7.05 Å². The topological polar surface area (TPSA) is 53.9 Å². The van der Waals surface area contributed by atoms with Crippen molar-refractivity contribution in [2.75, 3.05) is 20.3 Å². The Balaban J connectivity index is 1.53. The first-order valence-corrected chi connectivity index (χ1v) is 12.3. The van der Waals surface area contributed by atoms with Gasteiger partial charge in [0.2, 0.25) is 0 Å². The van der Waals surface area contributed by atoms with E-state index in [4.69, 9.17) is 23.5 Å². The van der Waals surface area contributed by atoms with Crippen LogP contribution in [0.4, 0.5) is 0 Å². The SMILES string of the molecule is COc1cccc2c1-c1c3c(o[n+]1C)CCOC[C@@]3(OCc1ccccc1)[C@@H]2OCc1ccccc1. The van der Waals surface area contributed by atoms with Gasteiger partial charge in [0, 0.05) is 12.0 Å². The van der Waals surface area contributed by atoms with Gasteiger partial charge in [0.1, 0.15) is 17.4 Å². The highest BCUT2D eigenvalue weighted by atomic mass is 16.6. The number of hydrogen-bond acceptors (Lipinski definition) is 5. The van der Waals surface area contributed by atoms with Gasteiger partial charge in [0.05, 0.1) is 39.1 Å². The van der Waals surface area contributed by atoms with Gasteiger partial charge >= 0.3 is 0 Å². The van der Waals surface area contributed by atoms with Crippen LogP contribution in [0.1, 0.15) is 34.1 Å². The van der Waals surface area contributed by atoms with E-state index in [9.17, 15) is 0 Å². The third-order valence-corrected chi connectivity index (χ3v) is 7.11. The molecule has 2 aliphatic rings. The number of nitrogens with zero attached hydrogens (tertiary/aromatic N) is 1. The predicted molar refractivity (Wildman–Crippen MR) is 133 cm³/mol. The van der Waals surface area contributed by atoms with Gasteiger partial charge in [0.15, 0.2) is 18.4 Å². The van der Waals surface area contributed by atoms with Crippen molar-refractivity contribution in [1.29, 1.82) is 0 Å². The summed E-state index contributed by atoms with van der Waals surface area (Å²) in [5.41, 5.74) is 5.22. The van der Waals surface area contributed by atoms with Gasteiger partial charge in [-0.2, -0.15) is 0 Å². The van der Waals surface area contributed by atoms with E-state index < -0.39 is 11.7 Å². The molecule has 1 aliphatic heterocycles. The van der Waals surface area contributed by atoms with Gasteiger partial charge < -0.3 is 18.9 Å². The number of aromatic nitrogens is 1. The molecule has 1 aliphatic carbocycles. The van der Waals surface area contributed by atoms with Crippen LogP contribution < -0.4 is 9.48 Å². The highest BCUT2D eigenvalue weighted by Gasteiger charge is 2.57.